The summed E-state index contributed by atoms with van der Waals surface area (Å²) in [5, 5.41) is 0. The van der Waals surface area contributed by atoms with Crippen molar-refractivity contribution in [3.63, 3.8) is 0 Å². The lowest BCUT2D eigenvalue weighted by molar-refractivity contribution is -0.143. The van der Waals surface area contributed by atoms with Crippen LogP contribution in [0.1, 0.15) is 42.4 Å². The number of nitrogens with zero attached hydrogens (tertiary/aromatic N) is 1. The zero-order valence-electron chi connectivity index (χ0n) is 17.1. The van der Waals surface area contributed by atoms with Crippen LogP contribution >= 0.6 is 0 Å². The third-order valence-electron chi connectivity index (χ3n) is 5.35. The van der Waals surface area contributed by atoms with E-state index in [9.17, 15) is 34.8 Å². The SMILES string of the molecule is CCCN1CCC(c2ccc(NS(=O)(=O)c3cc(C(F)(F)F)ccc3C(F)(F)F)cc2)C1. The molecule has 4 nitrogen and oxygen atoms in total. The standard InChI is InChI=1S/C21H22F6N2O2S/c1-2-10-29-11-9-15(13-29)14-3-6-17(7-4-14)28-32(30,31)19-12-16(20(22,23)24)5-8-18(19)21(25,26)27/h3-8,12,15,28H,2,9-11,13H2,1H3. The average molecular weight is 480 g/mol. The van der Waals surface area contributed by atoms with Gasteiger partial charge in [-0.2, -0.15) is 26.3 Å². The van der Waals surface area contributed by atoms with Gasteiger partial charge in [0.1, 0.15) is 4.90 Å². The summed E-state index contributed by atoms with van der Waals surface area (Å²) in [6.07, 6.45) is -8.18. The number of halogens is 6. The first kappa shape index (κ1) is 24.4. The van der Waals surface area contributed by atoms with E-state index in [4.69, 9.17) is 0 Å². The topological polar surface area (TPSA) is 49.4 Å². The molecule has 0 aromatic heterocycles. The maximum atomic E-state index is 13.3. The predicted molar refractivity (Wildman–Crippen MR) is 108 cm³/mol. The number of alkyl halides is 6. The van der Waals surface area contributed by atoms with E-state index in [0.29, 0.717) is 0 Å². The molecule has 2 aromatic carbocycles. The normalized spacial score (nSPS) is 18.2. The number of rotatable bonds is 6. The molecular weight excluding hydrogens is 458 g/mol. The van der Waals surface area contributed by atoms with E-state index in [-0.39, 0.29) is 29.8 Å². The Bertz CT molecular complexity index is 1050. The van der Waals surface area contributed by atoms with Crippen molar-refractivity contribution in [2.45, 2.75) is 42.9 Å². The molecule has 176 valence electrons. The molecule has 1 fully saturated rings. The lowest BCUT2D eigenvalue weighted by atomic mass is 9.98. The van der Waals surface area contributed by atoms with Crippen LogP contribution in [-0.4, -0.2) is 33.0 Å². The van der Waals surface area contributed by atoms with Gasteiger partial charge in [-0.05, 0) is 67.7 Å². The fourth-order valence-electron chi connectivity index (χ4n) is 3.81. The van der Waals surface area contributed by atoms with E-state index in [0.717, 1.165) is 38.0 Å². The molecule has 0 aliphatic carbocycles. The second-order valence-electron chi connectivity index (χ2n) is 7.72. The molecule has 32 heavy (non-hydrogen) atoms. The van der Waals surface area contributed by atoms with Gasteiger partial charge in [0.2, 0.25) is 0 Å². The van der Waals surface area contributed by atoms with Crippen LogP contribution < -0.4 is 4.72 Å². The smallest absolute Gasteiger partial charge is 0.303 e. The van der Waals surface area contributed by atoms with Crippen LogP contribution in [0, 0.1) is 0 Å². The van der Waals surface area contributed by atoms with Gasteiger partial charge in [-0.15, -0.1) is 0 Å². The van der Waals surface area contributed by atoms with Crippen molar-refractivity contribution in [1.29, 1.82) is 0 Å². The quantitative estimate of drug-likeness (QED) is 0.538. The van der Waals surface area contributed by atoms with Gasteiger partial charge < -0.3 is 4.90 Å². The van der Waals surface area contributed by atoms with Crippen LogP contribution in [-0.2, 0) is 22.4 Å². The van der Waals surface area contributed by atoms with Crippen molar-refractivity contribution >= 4 is 15.7 Å². The van der Waals surface area contributed by atoms with Gasteiger partial charge >= 0.3 is 12.4 Å². The van der Waals surface area contributed by atoms with Crippen LogP contribution in [0.25, 0.3) is 0 Å². The minimum Gasteiger partial charge on any atom is -0.303 e. The summed E-state index contributed by atoms with van der Waals surface area (Å²) in [4.78, 5) is 0.836. The molecule has 1 saturated heterocycles. The van der Waals surface area contributed by atoms with Gasteiger partial charge in [-0.3, -0.25) is 4.72 Å². The summed E-state index contributed by atoms with van der Waals surface area (Å²) < 4.78 is 106. The number of sulfonamides is 1. The Kier molecular flexibility index (Phi) is 6.80. The minimum atomic E-state index is -5.15. The molecule has 0 saturated carbocycles. The predicted octanol–water partition coefficient (Wildman–Crippen LogP) is 5.72. The highest BCUT2D eigenvalue weighted by molar-refractivity contribution is 7.92. The molecule has 0 spiro atoms. The molecule has 0 bridgehead atoms. The highest BCUT2D eigenvalue weighted by Gasteiger charge is 2.40. The van der Waals surface area contributed by atoms with E-state index >= 15 is 0 Å². The summed E-state index contributed by atoms with van der Waals surface area (Å²) in [6, 6.07) is 6.49. The number of hydrogen-bond acceptors (Lipinski definition) is 3. The average Bonchev–Trinajstić information content (AvgIpc) is 3.15. The molecule has 1 unspecified atom stereocenters. The fourth-order valence-corrected chi connectivity index (χ4v) is 5.12. The van der Waals surface area contributed by atoms with Crippen molar-refractivity contribution in [2.24, 2.45) is 0 Å². The third kappa shape index (κ3) is 5.55. The zero-order chi connectivity index (χ0) is 23.7. The van der Waals surface area contributed by atoms with Crippen molar-refractivity contribution in [3.8, 4) is 0 Å². The second-order valence-corrected chi connectivity index (χ2v) is 9.37. The van der Waals surface area contributed by atoms with Crippen molar-refractivity contribution in [1.82, 2.24) is 4.90 Å². The largest absolute Gasteiger partial charge is 0.417 e. The molecular formula is C21H22F6N2O2S. The summed E-state index contributed by atoms with van der Waals surface area (Å²) in [6.45, 7) is 4.87. The molecule has 2 aromatic rings. The molecule has 1 N–H and O–H groups in total. The molecule has 1 aliphatic rings. The van der Waals surface area contributed by atoms with Gasteiger partial charge in [0.25, 0.3) is 10.0 Å². The Morgan fingerprint density at radius 2 is 1.66 bits per heavy atom. The first-order chi connectivity index (χ1) is 14.8. The highest BCUT2D eigenvalue weighted by atomic mass is 32.2. The summed E-state index contributed by atoms with van der Waals surface area (Å²) >= 11 is 0. The fraction of sp³-hybridized carbons (Fsp3) is 0.429. The summed E-state index contributed by atoms with van der Waals surface area (Å²) in [5.74, 6) is 0.257. The molecule has 1 atom stereocenters. The van der Waals surface area contributed by atoms with Gasteiger partial charge in [-0.25, -0.2) is 8.42 Å². The van der Waals surface area contributed by atoms with E-state index in [1.54, 1.807) is 12.1 Å². The highest BCUT2D eigenvalue weighted by Crippen LogP contribution is 2.39. The van der Waals surface area contributed by atoms with Gasteiger partial charge in [0, 0.05) is 12.2 Å². The molecule has 3 rings (SSSR count). The van der Waals surface area contributed by atoms with Crippen LogP contribution in [0.15, 0.2) is 47.4 Å². The summed E-state index contributed by atoms with van der Waals surface area (Å²) in [7, 11) is -4.94. The Balaban J connectivity index is 1.86. The van der Waals surface area contributed by atoms with Crippen molar-refractivity contribution in [3.05, 3.63) is 59.2 Å². The maximum Gasteiger partial charge on any atom is 0.417 e. The number of hydrogen-bond donors (Lipinski definition) is 1. The van der Waals surface area contributed by atoms with Crippen LogP contribution in [0.5, 0.6) is 0 Å². The monoisotopic (exact) mass is 480 g/mol. The minimum absolute atomic E-state index is 0.000368. The van der Waals surface area contributed by atoms with Gasteiger partial charge in [0.15, 0.2) is 0 Å². The van der Waals surface area contributed by atoms with Crippen LogP contribution in [0.2, 0.25) is 0 Å². The Morgan fingerprint density at radius 3 is 2.22 bits per heavy atom. The number of benzene rings is 2. The maximum absolute atomic E-state index is 13.3. The Hall–Kier alpha value is -2.27. The van der Waals surface area contributed by atoms with E-state index in [1.165, 1.54) is 12.1 Å². The van der Waals surface area contributed by atoms with E-state index in [1.807, 2.05) is 4.72 Å². The summed E-state index contributed by atoms with van der Waals surface area (Å²) in [5.41, 5.74) is -2.24. The molecule has 11 heteroatoms. The first-order valence-electron chi connectivity index (χ1n) is 9.95. The second kappa shape index (κ2) is 8.93. The first-order valence-corrected chi connectivity index (χ1v) is 11.4. The van der Waals surface area contributed by atoms with Crippen LogP contribution in [0.3, 0.4) is 0 Å². The van der Waals surface area contributed by atoms with E-state index < -0.39 is 38.4 Å². The number of likely N-dealkylation sites (tertiary alicyclic amines) is 1. The van der Waals surface area contributed by atoms with Gasteiger partial charge in [0.05, 0.1) is 11.1 Å². The third-order valence-corrected chi connectivity index (χ3v) is 6.77. The molecule has 1 heterocycles. The Labute approximate surface area is 182 Å². The van der Waals surface area contributed by atoms with Crippen LogP contribution in [0.4, 0.5) is 32.0 Å². The Morgan fingerprint density at radius 1 is 1.00 bits per heavy atom. The molecule has 0 amide bonds. The number of anilines is 1. The van der Waals surface area contributed by atoms with Crippen molar-refractivity contribution < 1.29 is 34.8 Å². The number of nitrogens with one attached hydrogen (secondary N) is 1. The van der Waals surface area contributed by atoms with Crippen molar-refractivity contribution in [2.75, 3.05) is 24.4 Å². The lowest BCUT2D eigenvalue weighted by Gasteiger charge is -2.17. The molecule has 1 aliphatic heterocycles. The van der Waals surface area contributed by atoms with E-state index in [2.05, 4.69) is 11.8 Å². The molecule has 0 radical (unpaired) electrons. The lowest BCUT2D eigenvalue weighted by Crippen LogP contribution is -2.21. The van der Waals surface area contributed by atoms with Gasteiger partial charge in [-0.1, -0.05) is 19.1 Å². The zero-order valence-corrected chi connectivity index (χ0v) is 17.9.